The van der Waals surface area contributed by atoms with Gasteiger partial charge in [-0.3, -0.25) is 9.79 Å². The molecular weight excluding hydrogens is 320 g/mol. The van der Waals surface area contributed by atoms with Gasteiger partial charge < -0.3 is 16.6 Å². The van der Waals surface area contributed by atoms with Gasteiger partial charge in [-0.15, -0.1) is 0 Å². The van der Waals surface area contributed by atoms with Gasteiger partial charge >= 0.3 is 5.97 Å². The van der Waals surface area contributed by atoms with E-state index in [9.17, 15) is 18.3 Å². The van der Waals surface area contributed by atoms with Gasteiger partial charge in [0.1, 0.15) is 6.04 Å². The number of rotatable bonds is 9. The second-order valence-corrected chi connectivity index (χ2v) is 7.09. The SMILES string of the molecule is CN([C@@H](CCCN=C(N)N)C(=O)O)S(=O)(=O)Cc1ccccc1. The summed E-state index contributed by atoms with van der Waals surface area (Å²) in [7, 11) is -2.47. The highest BCUT2D eigenvalue weighted by atomic mass is 32.2. The average molecular weight is 342 g/mol. The molecule has 0 bridgehead atoms. The maximum atomic E-state index is 12.4. The quantitative estimate of drug-likeness (QED) is 0.327. The smallest absolute Gasteiger partial charge is 0.321 e. The first-order valence-electron chi connectivity index (χ1n) is 7.02. The number of guanidine groups is 1. The van der Waals surface area contributed by atoms with Crippen LogP contribution in [0.1, 0.15) is 18.4 Å². The maximum Gasteiger partial charge on any atom is 0.321 e. The predicted molar refractivity (Wildman–Crippen MR) is 88.2 cm³/mol. The first-order chi connectivity index (χ1) is 10.7. The van der Waals surface area contributed by atoms with Gasteiger partial charge in [0.2, 0.25) is 10.0 Å². The molecule has 23 heavy (non-hydrogen) atoms. The van der Waals surface area contributed by atoms with Gasteiger partial charge in [-0.25, -0.2) is 8.42 Å². The van der Waals surface area contributed by atoms with Crippen molar-refractivity contribution < 1.29 is 18.3 Å². The molecule has 0 saturated carbocycles. The Morgan fingerprint density at radius 2 is 1.91 bits per heavy atom. The highest BCUT2D eigenvalue weighted by molar-refractivity contribution is 7.88. The molecule has 5 N–H and O–H groups in total. The van der Waals surface area contributed by atoms with Crippen molar-refractivity contribution in [2.75, 3.05) is 13.6 Å². The lowest BCUT2D eigenvalue weighted by molar-refractivity contribution is -0.141. The van der Waals surface area contributed by atoms with Crippen LogP contribution < -0.4 is 11.5 Å². The first kappa shape index (κ1) is 18.9. The normalized spacial score (nSPS) is 12.8. The molecule has 1 aromatic carbocycles. The van der Waals surface area contributed by atoms with Crippen LogP contribution in [0.3, 0.4) is 0 Å². The number of nitrogens with two attached hydrogens (primary N) is 2. The highest BCUT2D eigenvalue weighted by Crippen LogP contribution is 2.15. The summed E-state index contributed by atoms with van der Waals surface area (Å²) in [5.41, 5.74) is 11.0. The molecular formula is C14H22N4O4S. The van der Waals surface area contributed by atoms with Gasteiger partial charge in [0.25, 0.3) is 0 Å². The lowest BCUT2D eigenvalue weighted by atomic mass is 10.1. The maximum absolute atomic E-state index is 12.4. The van der Waals surface area contributed by atoms with Crippen LogP contribution in [0, 0.1) is 0 Å². The van der Waals surface area contributed by atoms with Gasteiger partial charge in [-0.1, -0.05) is 30.3 Å². The van der Waals surface area contributed by atoms with E-state index in [0.29, 0.717) is 12.0 Å². The Kier molecular flexibility index (Phi) is 6.98. The number of benzene rings is 1. The number of carboxylic acids is 1. The topological polar surface area (TPSA) is 139 Å². The average Bonchev–Trinajstić information content (AvgIpc) is 2.46. The molecule has 0 fully saturated rings. The van der Waals surface area contributed by atoms with Crippen molar-refractivity contribution in [3.8, 4) is 0 Å². The zero-order valence-electron chi connectivity index (χ0n) is 12.9. The van der Waals surface area contributed by atoms with Gasteiger partial charge in [-0.2, -0.15) is 4.31 Å². The molecule has 0 radical (unpaired) electrons. The van der Waals surface area contributed by atoms with Crippen LogP contribution in [0.2, 0.25) is 0 Å². The fraction of sp³-hybridized carbons (Fsp3) is 0.429. The van der Waals surface area contributed by atoms with Crippen LogP contribution in [0.5, 0.6) is 0 Å². The first-order valence-corrected chi connectivity index (χ1v) is 8.63. The molecule has 0 aromatic heterocycles. The minimum Gasteiger partial charge on any atom is -0.480 e. The molecule has 0 aliphatic carbocycles. The molecule has 0 aliphatic rings. The second-order valence-electron chi connectivity index (χ2n) is 5.06. The standard InChI is InChI=1S/C14H22N4O4S/c1-18(12(13(19)20)8-5-9-17-14(15)16)23(21,22)10-11-6-3-2-4-7-11/h2-4,6-7,12H,5,8-10H2,1H3,(H,19,20)(H4,15,16,17)/t12-/m0/s1. The number of hydrogen-bond donors (Lipinski definition) is 3. The third-order valence-corrected chi connectivity index (χ3v) is 5.11. The van der Waals surface area contributed by atoms with E-state index in [1.54, 1.807) is 30.3 Å². The number of likely N-dealkylation sites (N-methyl/N-ethyl adjacent to an activating group) is 1. The number of carbonyl (C=O) groups is 1. The number of hydrogen-bond acceptors (Lipinski definition) is 4. The summed E-state index contributed by atoms with van der Waals surface area (Å²) in [6.07, 6.45) is 0.483. The highest BCUT2D eigenvalue weighted by Gasteiger charge is 2.31. The molecule has 0 saturated heterocycles. The van der Waals surface area contributed by atoms with Crippen molar-refractivity contribution in [3.05, 3.63) is 35.9 Å². The Morgan fingerprint density at radius 3 is 2.43 bits per heavy atom. The van der Waals surface area contributed by atoms with Crippen molar-refractivity contribution in [1.82, 2.24) is 4.31 Å². The summed E-state index contributed by atoms with van der Waals surface area (Å²) in [6.45, 7) is 0.249. The summed E-state index contributed by atoms with van der Waals surface area (Å²) in [5, 5.41) is 9.29. The van der Waals surface area contributed by atoms with Crippen LogP contribution >= 0.6 is 0 Å². The van der Waals surface area contributed by atoms with Gasteiger partial charge in [-0.05, 0) is 18.4 Å². The summed E-state index contributed by atoms with van der Waals surface area (Å²) in [6, 6.07) is 7.45. The number of aliphatic carboxylic acids is 1. The summed E-state index contributed by atoms with van der Waals surface area (Å²) >= 11 is 0. The van der Waals surface area contributed by atoms with Crippen LogP contribution in [-0.2, 0) is 20.6 Å². The van der Waals surface area contributed by atoms with Crippen molar-refractivity contribution in [2.45, 2.75) is 24.6 Å². The molecule has 8 nitrogen and oxygen atoms in total. The largest absolute Gasteiger partial charge is 0.480 e. The molecule has 0 spiro atoms. The van der Waals surface area contributed by atoms with E-state index in [1.165, 1.54) is 7.05 Å². The molecule has 0 heterocycles. The van der Waals surface area contributed by atoms with Crippen LogP contribution in [0.4, 0.5) is 0 Å². The predicted octanol–water partition coefficient (Wildman–Crippen LogP) is -0.0450. The van der Waals surface area contributed by atoms with Crippen molar-refractivity contribution in [1.29, 1.82) is 0 Å². The van der Waals surface area contributed by atoms with E-state index >= 15 is 0 Å². The lowest BCUT2D eigenvalue weighted by Crippen LogP contribution is -2.43. The van der Waals surface area contributed by atoms with Crippen LogP contribution in [0.25, 0.3) is 0 Å². The van der Waals surface area contributed by atoms with E-state index in [2.05, 4.69) is 4.99 Å². The fourth-order valence-electron chi connectivity index (χ4n) is 2.03. The third kappa shape index (κ3) is 6.25. The lowest BCUT2D eigenvalue weighted by Gasteiger charge is -2.24. The molecule has 0 aliphatic heterocycles. The van der Waals surface area contributed by atoms with Gasteiger partial charge in [0.05, 0.1) is 5.75 Å². The molecule has 9 heteroatoms. The molecule has 0 amide bonds. The minimum atomic E-state index is -3.74. The van der Waals surface area contributed by atoms with Crippen molar-refractivity contribution >= 4 is 22.0 Å². The van der Waals surface area contributed by atoms with Crippen LogP contribution in [-0.4, -0.2) is 49.4 Å². The van der Waals surface area contributed by atoms with Gasteiger partial charge in [0, 0.05) is 13.6 Å². The monoisotopic (exact) mass is 342 g/mol. The summed E-state index contributed by atoms with van der Waals surface area (Å²) < 4.78 is 25.7. The number of nitrogens with zero attached hydrogens (tertiary/aromatic N) is 2. The Morgan fingerprint density at radius 1 is 1.30 bits per heavy atom. The molecule has 1 aromatic rings. The molecule has 1 atom stereocenters. The van der Waals surface area contributed by atoms with E-state index in [0.717, 1.165) is 4.31 Å². The van der Waals surface area contributed by atoms with E-state index < -0.39 is 22.0 Å². The second kappa shape index (κ2) is 8.49. The zero-order valence-corrected chi connectivity index (χ0v) is 13.7. The summed E-state index contributed by atoms with van der Waals surface area (Å²) in [5.74, 6) is -1.53. The molecule has 128 valence electrons. The van der Waals surface area contributed by atoms with Gasteiger partial charge in [0.15, 0.2) is 5.96 Å². The fourth-order valence-corrected chi connectivity index (χ4v) is 3.43. The zero-order chi connectivity index (χ0) is 17.5. The Bertz CT molecular complexity index is 642. The Balaban J connectivity index is 2.77. The van der Waals surface area contributed by atoms with E-state index in [1.807, 2.05) is 0 Å². The molecule has 0 unspecified atom stereocenters. The van der Waals surface area contributed by atoms with Crippen molar-refractivity contribution in [2.24, 2.45) is 16.5 Å². The number of carboxylic acid groups (broad SMARTS) is 1. The Hall–Kier alpha value is -2.13. The number of sulfonamides is 1. The van der Waals surface area contributed by atoms with Crippen molar-refractivity contribution in [3.63, 3.8) is 0 Å². The van der Waals surface area contributed by atoms with E-state index in [-0.39, 0.29) is 24.7 Å². The third-order valence-electron chi connectivity index (χ3n) is 3.28. The summed E-state index contributed by atoms with van der Waals surface area (Å²) in [4.78, 5) is 15.1. The Labute approximate surface area is 135 Å². The molecule has 1 rings (SSSR count). The minimum absolute atomic E-state index is 0.0815. The van der Waals surface area contributed by atoms with Crippen LogP contribution in [0.15, 0.2) is 35.3 Å². The number of aliphatic imine (C=N–C) groups is 1. The van der Waals surface area contributed by atoms with E-state index in [4.69, 9.17) is 11.5 Å².